The van der Waals surface area contributed by atoms with Crippen LogP contribution < -0.4 is 14.8 Å². The van der Waals surface area contributed by atoms with Gasteiger partial charge in [0.15, 0.2) is 21.3 Å². The molecule has 13 heteroatoms. The highest BCUT2D eigenvalue weighted by molar-refractivity contribution is 7.91. The van der Waals surface area contributed by atoms with Crippen LogP contribution in [0.2, 0.25) is 0 Å². The topological polar surface area (TPSA) is 112 Å². The lowest BCUT2D eigenvalue weighted by Crippen LogP contribution is -2.24. The molecule has 0 saturated carbocycles. The highest BCUT2D eigenvalue weighted by Crippen LogP contribution is 2.44. The summed E-state index contributed by atoms with van der Waals surface area (Å²) in [6.45, 7) is 8.48. The Kier molecular flexibility index (Phi) is 8.87. The van der Waals surface area contributed by atoms with Crippen molar-refractivity contribution in [3.63, 3.8) is 0 Å². The van der Waals surface area contributed by atoms with Crippen LogP contribution >= 0.6 is 0 Å². The van der Waals surface area contributed by atoms with Crippen molar-refractivity contribution in [3.05, 3.63) is 64.5 Å². The zero-order valence-corrected chi connectivity index (χ0v) is 24.2. The number of ether oxygens (including phenoxy) is 2. The van der Waals surface area contributed by atoms with Crippen molar-refractivity contribution in [2.45, 2.75) is 64.2 Å². The summed E-state index contributed by atoms with van der Waals surface area (Å²) in [6.07, 6.45) is -3.50. The molecule has 40 heavy (non-hydrogen) atoms. The molecule has 2 aromatic heterocycles. The number of imidazole rings is 1. The molecule has 0 aliphatic carbocycles. The van der Waals surface area contributed by atoms with E-state index in [0.717, 1.165) is 7.11 Å². The molecule has 0 fully saturated rings. The van der Waals surface area contributed by atoms with Gasteiger partial charge in [-0.25, -0.2) is 13.4 Å². The van der Waals surface area contributed by atoms with Gasteiger partial charge in [0.05, 0.1) is 37.1 Å². The van der Waals surface area contributed by atoms with Gasteiger partial charge in [-0.05, 0) is 30.7 Å². The second-order valence-corrected chi connectivity index (χ2v) is 12.4. The number of hydrogen-bond donors (Lipinski definition) is 1. The fourth-order valence-electron chi connectivity index (χ4n) is 4.22. The van der Waals surface area contributed by atoms with Crippen LogP contribution in [0, 0.1) is 6.92 Å². The standard InChI is InChI=1S/C27H33F3N4O5S/c1-8-40(36,37)19-11-10-18(31-14-19)13-32-24(35)22-16(2)34(25(33-22)26(3,4)5)15-17-9-12-20(38-6)23(39-7)21(17)27(28,29)30/h9-12,14H,8,13,15H2,1-7H3,(H,32,35). The summed E-state index contributed by atoms with van der Waals surface area (Å²) >= 11 is 0. The van der Waals surface area contributed by atoms with E-state index in [0.29, 0.717) is 17.2 Å². The molecule has 3 aromatic rings. The molecule has 0 saturated heterocycles. The Labute approximate surface area is 231 Å². The monoisotopic (exact) mass is 582 g/mol. The third kappa shape index (κ3) is 6.40. The number of carbonyl (C=O) groups excluding carboxylic acids is 1. The van der Waals surface area contributed by atoms with Crippen LogP contribution in [0.15, 0.2) is 35.4 Å². The van der Waals surface area contributed by atoms with Gasteiger partial charge < -0.3 is 19.4 Å². The summed E-state index contributed by atoms with van der Waals surface area (Å²) < 4.78 is 78.3. The van der Waals surface area contributed by atoms with Crippen LogP contribution in [-0.2, 0) is 34.5 Å². The fraction of sp³-hybridized carbons (Fsp3) is 0.444. The van der Waals surface area contributed by atoms with Gasteiger partial charge in [0.25, 0.3) is 5.91 Å². The van der Waals surface area contributed by atoms with Crippen molar-refractivity contribution in [2.24, 2.45) is 0 Å². The number of nitrogens with one attached hydrogen (secondary N) is 1. The number of nitrogens with zero attached hydrogens (tertiary/aromatic N) is 3. The molecule has 0 aliphatic rings. The van der Waals surface area contributed by atoms with E-state index in [9.17, 15) is 26.4 Å². The van der Waals surface area contributed by atoms with E-state index in [-0.39, 0.29) is 40.7 Å². The normalized spacial score (nSPS) is 12.3. The van der Waals surface area contributed by atoms with E-state index in [1.54, 1.807) is 11.5 Å². The molecule has 0 bridgehead atoms. The third-order valence-corrected chi connectivity index (χ3v) is 8.04. The number of halogens is 3. The van der Waals surface area contributed by atoms with E-state index >= 15 is 0 Å². The number of methoxy groups -OCH3 is 2. The number of hydrogen-bond acceptors (Lipinski definition) is 7. The minimum Gasteiger partial charge on any atom is -0.493 e. The average Bonchev–Trinajstić information content (AvgIpc) is 3.22. The molecule has 9 nitrogen and oxygen atoms in total. The Morgan fingerprint density at radius 1 is 1.07 bits per heavy atom. The fourth-order valence-corrected chi connectivity index (χ4v) is 5.04. The molecule has 3 rings (SSSR count). The Balaban J connectivity index is 1.97. The smallest absolute Gasteiger partial charge is 0.420 e. The maximum absolute atomic E-state index is 14.2. The number of alkyl halides is 3. The lowest BCUT2D eigenvalue weighted by molar-refractivity contribution is -0.139. The number of carbonyl (C=O) groups is 1. The number of sulfone groups is 1. The van der Waals surface area contributed by atoms with Gasteiger partial charge in [0.2, 0.25) is 0 Å². The van der Waals surface area contributed by atoms with Crippen molar-refractivity contribution in [1.82, 2.24) is 19.9 Å². The van der Waals surface area contributed by atoms with E-state index in [2.05, 4.69) is 15.3 Å². The second-order valence-electron chi connectivity index (χ2n) is 10.1. The summed E-state index contributed by atoms with van der Waals surface area (Å²) in [4.78, 5) is 21.9. The number of aromatic nitrogens is 3. The van der Waals surface area contributed by atoms with Gasteiger partial charge in [-0.15, -0.1) is 0 Å². The first-order valence-corrected chi connectivity index (χ1v) is 14.0. The van der Waals surface area contributed by atoms with Crippen molar-refractivity contribution in [2.75, 3.05) is 20.0 Å². The first-order chi connectivity index (χ1) is 18.5. The largest absolute Gasteiger partial charge is 0.493 e. The zero-order chi connectivity index (χ0) is 30.0. The van der Waals surface area contributed by atoms with Gasteiger partial charge in [-0.1, -0.05) is 33.8 Å². The van der Waals surface area contributed by atoms with Gasteiger partial charge in [0, 0.05) is 23.9 Å². The molecule has 0 unspecified atom stereocenters. The number of rotatable bonds is 9. The number of pyridine rings is 1. The van der Waals surface area contributed by atoms with Crippen LogP contribution in [0.1, 0.15) is 66.5 Å². The molecular weight excluding hydrogens is 549 g/mol. The number of amides is 1. The molecule has 1 amide bonds. The molecule has 218 valence electrons. The average molecular weight is 583 g/mol. The third-order valence-electron chi connectivity index (χ3n) is 6.32. The van der Waals surface area contributed by atoms with Crippen LogP contribution in [0.25, 0.3) is 0 Å². The maximum Gasteiger partial charge on any atom is 0.420 e. The van der Waals surface area contributed by atoms with Crippen molar-refractivity contribution in [1.29, 1.82) is 0 Å². The van der Waals surface area contributed by atoms with Crippen molar-refractivity contribution in [3.8, 4) is 11.5 Å². The summed E-state index contributed by atoms with van der Waals surface area (Å²) in [5.74, 6) is -0.657. The molecule has 1 aromatic carbocycles. The first-order valence-electron chi connectivity index (χ1n) is 12.4. The van der Waals surface area contributed by atoms with Crippen LogP contribution in [0.5, 0.6) is 11.5 Å². The minimum atomic E-state index is -4.73. The van der Waals surface area contributed by atoms with Gasteiger partial charge in [-0.3, -0.25) is 9.78 Å². The lowest BCUT2D eigenvalue weighted by Gasteiger charge is -2.23. The van der Waals surface area contributed by atoms with E-state index in [4.69, 9.17) is 9.47 Å². The van der Waals surface area contributed by atoms with E-state index in [1.807, 2.05) is 20.8 Å². The summed E-state index contributed by atoms with van der Waals surface area (Å²) in [5, 5.41) is 2.71. The highest BCUT2D eigenvalue weighted by Gasteiger charge is 2.39. The van der Waals surface area contributed by atoms with Gasteiger partial charge >= 0.3 is 6.18 Å². The molecule has 0 radical (unpaired) electrons. The van der Waals surface area contributed by atoms with Crippen LogP contribution in [0.4, 0.5) is 13.2 Å². The Bertz CT molecular complexity index is 1490. The van der Waals surface area contributed by atoms with E-state index in [1.165, 1.54) is 44.5 Å². The summed E-state index contributed by atoms with van der Waals surface area (Å²) in [7, 11) is -0.998. The highest BCUT2D eigenvalue weighted by atomic mass is 32.2. The van der Waals surface area contributed by atoms with Crippen LogP contribution in [0.3, 0.4) is 0 Å². The molecule has 0 aliphatic heterocycles. The van der Waals surface area contributed by atoms with Crippen molar-refractivity contribution < 1.29 is 35.9 Å². The molecule has 2 heterocycles. The molecular formula is C27H33F3N4O5S. The quantitative estimate of drug-likeness (QED) is 0.390. The predicted octanol–water partition coefficient (Wildman–Crippen LogP) is 4.69. The number of benzene rings is 1. The molecule has 0 atom stereocenters. The Hall–Kier alpha value is -3.61. The SMILES string of the molecule is CCS(=O)(=O)c1ccc(CNC(=O)c2nc(C(C)(C)C)n(Cc3ccc(OC)c(OC)c3C(F)(F)F)c2C)nc1. The van der Waals surface area contributed by atoms with Gasteiger partial charge in [-0.2, -0.15) is 13.2 Å². The summed E-state index contributed by atoms with van der Waals surface area (Å²) in [5.41, 5.74) is -0.786. The molecule has 1 N–H and O–H groups in total. The first kappa shape index (κ1) is 30.9. The Morgan fingerprint density at radius 3 is 2.25 bits per heavy atom. The van der Waals surface area contributed by atoms with Gasteiger partial charge in [0.1, 0.15) is 17.1 Å². The van der Waals surface area contributed by atoms with E-state index < -0.39 is 38.6 Å². The lowest BCUT2D eigenvalue weighted by atomic mass is 9.95. The molecule has 0 spiro atoms. The van der Waals surface area contributed by atoms with Crippen LogP contribution in [-0.4, -0.2) is 48.8 Å². The van der Waals surface area contributed by atoms with Crippen molar-refractivity contribution >= 4 is 15.7 Å². The maximum atomic E-state index is 14.2. The second kappa shape index (κ2) is 11.5. The summed E-state index contributed by atoms with van der Waals surface area (Å²) in [6, 6.07) is 5.66. The minimum absolute atomic E-state index is 0.00363. The zero-order valence-electron chi connectivity index (χ0n) is 23.4. The Morgan fingerprint density at radius 2 is 1.75 bits per heavy atom. The predicted molar refractivity (Wildman–Crippen MR) is 142 cm³/mol.